The molecule has 1 saturated heterocycles. The van der Waals surface area contributed by atoms with E-state index >= 15 is 0 Å². The Labute approximate surface area is 207 Å². The number of hydrogen-bond acceptors (Lipinski definition) is 6. The van der Waals surface area contributed by atoms with Crippen molar-refractivity contribution in [1.29, 1.82) is 0 Å². The van der Waals surface area contributed by atoms with Crippen LogP contribution in [-0.2, 0) is 9.59 Å². The highest BCUT2D eigenvalue weighted by Gasteiger charge is 2.39. The lowest BCUT2D eigenvalue weighted by molar-refractivity contribution is -0.135. The number of nitrogens with zero attached hydrogens (tertiary/aromatic N) is 2. The van der Waals surface area contributed by atoms with E-state index in [4.69, 9.17) is 32.7 Å². The second-order valence-corrected chi connectivity index (χ2v) is 9.20. The molecule has 2 N–H and O–H groups in total. The van der Waals surface area contributed by atoms with Gasteiger partial charge in [0, 0.05) is 38.3 Å². The van der Waals surface area contributed by atoms with Crippen molar-refractivity contribution in [2.75, 3.05) is 26.3 Å². The largest absolute Gasteiger partial charge is 0.487 e. The van der Waals surface area contributed by atoms with Crippen LogP contribution in [0.2, 0.25) is 10.0 Å². The van der Waals surface area contributed by atoms with E-state index in [9.17, 15) is 14.7 Å². The number of amides is 1. The van der Waals surface area contributed by atoms with Gasteiger partial charge in [-0.25, -0.2) is 9.78 Å². The first-order valence-electron chi connectivity index (χ1n) is 10.9. The maximum Gasteiger partial charge on any atom is 0.333 e. The summed E-state index contributed by atoms with van der Waals surface area (Å²) < 4.78 is 11.3. The van der Waals surface area contributed by atoms with Crippen LogP contribution in [-0.4, -0.2) is 65.3 Å². The predicted octanol–water partition coefficient (Wildman–Crippen LogP) is 3.59. The summed E-state index contributed by atoms with van der Waals surface area (Å²) >= 11 is 12.4. The van der Waals surface area contributed by atoms with Gasteiger partial charge < -0.3 is 24.8 Å². The summed E-state index contributed by atoms with van der Waals surface area (Å²) in [6.07, 6.45) is 2.11. The molecular weight excluding hydrogens is 481 g/mol. The summed E-state index contributed by atoms with van der Waals surface area (Å²) in [5.41, 5.74) is 2.68. The highest BCUT2D eigenvalue weighted by atomic mass is 35.5. The molecule has 3 heterocycles. The molecule has 34 heavy (non-hydrogen) atoms. The molecule has 2 aromatic rings. The monoisotopic (exact) mass is 505 g/mol. The summed E-state index contributed by atoms with van der Waals surface area (Å²) in [6, 6.07) is 6.63. The fourth-order valence-electron chi connectivity index (χ4n) is 4.38. The summed E-state index contributed by atoms with van der Waals surface area (Å²) in [5, 5.41) is 14.1. The molecular formula is C24H25Cl2N3O5. The molecule has 1 fully saturated rings. The maximum atomic E-state index is 12.1. The van der Waals surface area contributed by atoms with Crippen molar-refractivity contribution in [3.63, 3.8) is 0 Å². The van der Waals surface area contributed by atoms with Crippen LogP contribution in [0.5, 0.6) is 11.6 Å². The van der Waals surface area contributed by atoms with E-state index in [0.29, 0.717) is 41.2 Å². The Balaban J connectivity index is 1.41. The molecule has 180 valence electrons. The Morgan fingerprint density at radius 3 is 2.50 bits per heavy atom. The highest BCUT2D eigenvalue weighted by Crippen LogP contribution is 2.35. The molecule has 4 rings (SSSR count). The molecule has 0 aliphatic carbocycles. The molecule has 0 unspecified atom stereocenters. The Morgan fingerprint density at radius 2 is 1.88 bits per heavy atom. The molecule has 2 atom stereocenters. The van der Waals surface area contributed by atoms with Gasteiger partial charge >= 0.3 is 5.97 Å². The summed E-state index contributed by atoms with van der Waals surface area (Å²) in [4.78, 5) is 29.9. The van der Waals surface area contributed by atoms with Gasteiger partial charge in [0.25, 0.3) is 0 Å². The van der Waals surface area contributed by atoms with Crippen molar-refractivity contribution in [2.45, 2.75) is 32.4 Å². The number of carbonyl (C=O) groups excluding carboxylic acids is 1. The molecule has 2 aliphatic rings. The number of hydrogen-bond donors (Lipinski definition) is 2. The lowest BCUT2D eigenvalue weighted by atomic mass is 9.84. The van der Waals surface area contributed by atoms with Gasteiger partial charge in [0.05, 0.1) is 21.7 Å². The zero-order chi connectivity index (χ0) is 24.4. The fraction of sp³-hybridized carbons (Fsp3) is 0.375. The first-order valence-corrected chi connectivity index (χ1v) is 11.6. The average Bonchev–Trinajstić information content (AvgIpc) is 2.77. The predicted molar refractivity (Wildman–Crippen MR) is 129 cm³/mol. The molecule has 0 saturated carbocycles. The van der Waals surface area contributed by atoms with Gasteiger partial charge in [-0.05, 0) is 48.2 Å². The number of carboxylic acids is 1. The molecule has 1 aromatic carbocycles. The summed E-state index contributed by atoms with van der Waals surface area (Å²) in [6.45, 7) is 4.73. The molecule has 0 spiro atoms. The van der Waals surface area contributed by atoms with Gasteiger partial charge in [-0.3, -0.25) is 4.79 Å². The van der Waals surface area contributed by atoms with Crippen LogP contribution in [0, 0.1) is 6.92 Å². The SMILES string of the molecule is CC(=O)N1C[C@H]2CC(c3ccc(OCCOc4c(Cl)cc(C)cc4Cl)nc3)=C(C(=O)O)[C@@H](C1)N2. The van der Waals surface area contributed by atoms with E-state index in [1.165, 1.54) is 6.92 Å². The maximum absolute atomic E-state index is 12.1. The number of carboxylic acid groups (broad SMARTS) is 1. The van der Waals surface area contributed by atoms with Crippen molar-refractivity contribution in [3.8, 4) is 11.6 Å². The van der Waals surface area contributed by atoms with Gasteiger partial charge in [-0.1, -0.05) is 23.2 Å². The van der Waals surface area contributed by atoms with Crippen LogP contribution >= 0.6 is 23.2 Å². The van der Waals surface area contributed by atoms with Gasteiger partial charge in [0.1, 0.15) is 13.2 Å². The minimum absolute atomic E-state index is 0.00533. The topological polar surface area (TPSA) is 101 Å². The summed E-state index contributed by atoms with van der Waals surface area (Å²) in [5.74, 6) is -0.248. The lowest BCUT2D eigenvalue weighted by Crippen LogP contribution is -2.61. The van der Waals surface area contributed by atoms with Crippen molar-refractivity contribution in [1.82, 2.24) is 15.2 Å². The van der Waals surface area contributed by atoms with E-state index < -0.39 is 12.0 Å². The number of aromatic nitrogens is 1. The molecule has 1 amide bonds. The smallest absolute Gasteiger partial charge is 0.333 e. The van der Waals surface area contributed by atoms with E-state index in [0.717, 1.165) is 16.7 Å². The normalized spacial score (nSPS) is 19.7. The lowest BCUT2D eigenvalue weighted by Gasteiger charge is -2.43. The Hall–Kier alpha value is -2.81. The van der Waals surface area contributed by atoms with Crippen LogP contribution in [0.1, 0.15) is 24.5 Å². The third kappa shape index (κ3) is 5.29. The van der Waals surface area contributed by atoms with E-state index in [-0.39, 0.29) is 30.7 Å². The minimum Gasteiger partial charge on any atom is -0.487 e. The van der Waals surface area contributed by atoms with Crippen LogP contribution in [0.3, 0.4) is 0 Å². The minimum atomic E-state index is -0.998. The van der Waals surface area contributed by atoms with E-state index in [2.05, 4.69) is 10.3 Å². The van der Waals surface area contributed by atoms with Crippen LogP contribution in [0.15, 0.2) is 36.0 Å². The second-order valence-electron chi connectivity index (χ2n) is 8.38. The second kappa shape index (κ2) is 10.2. The van der Waals surface area contributed by atoms with Crippen LogP contribution in [0.25, 0.3) is 5.57 Å². The third-order valence-electron chi connectivity index (χ3n) is 5.89. The van der Waals surface area contributed by atoms with Crippen LogP contribution < -0.4 is 14.8 Å². The number of carbonyl (C=O) groups is 2. The quantitative estimate of drug-likeness (QED) is 0.554. The van der Waals surface area contributed by atoms with Gasteiger partial charge in [-0.15, -0.1) is 0 Å². The number of halogens is 2. The molecule has 2 aliphatic heterocycles. The molecule has 1 aromatic heterocycles. The molecule has 8 nitrogen and oxygen atoms in total. The van der Waals surface area contributed by atoms with Crippen molar-refractivity contribution >= 4 is 40.7 Å². The molecule has 10 heteroatoms. The Kier molecular flexibility index (Phi) is 7.30. The standard InChI is InChI=1S/C24H25Cl2N3O5/c1-13-7-18(25)23(19(26)8-13)34-6-5-33-21-4-3-15(10-27-21)17-9-16-11-29(14(2)30)12-20(28-16)22(17)24(31)32/h3-4,7-8,10,16,20,28H,5-6,9,11-12H2,1-2H3,(H,31,32)/t16-,20-/m1/s1. The number of benzene rings is 1. The first-order chi connectivity index (χ1) is 16.2. The Morgan fingerprint density at radius 1 is 1.18 bits per heavy atom. The van der Waals surface area contributed by atoms with Crippen molar-refractivity contribution in [2.24, 2.45) is 0 Å². The van der Waals surface area contributed by atoms with Gasteiger partial charge in [0.15, 0.2) is 5.75 Å². The summed E-state index contributed by atoms with van der Waals surface area (Å²) in [7, 11) is 0. The fourth-order valence-corrected chi connectivity index (χ4v) is 5.09. The number of ether oxygens (including phenoxy) is 2. The number of nitrogens with one attached hydrogen (secondary N) is 1. The average molecular weight is 506 g/mol. The Bertz CT molecular complexity index is 1110. The highest BCUT2D eigenvalue weighted by molar-refractivity contribution is 6.37. The number of fused-ring (bicyclic) bond motifs is 2. The molecule has 0 radical (unpaired) electrons. The number of aliphatic carboxylic acids is 1. The first kappa shape index (κ1) is 24.3. The molecule has 2 bridgehead atoms. The number of pyridine rings is 1. The number of piperazine rings is 1. The zero-order valence-electron chi connectivity index (χ0n) is 18.8. The van der Waals surface area contributed by atoms with Crippen molar-refractivity contribution in [3.05, 3.63) is 57.2 Å². The van der Waals surface area contributed by atoms with Gasteiger partial charge in [-0.2, -0.15) is 0 Å². The van der Waals surface area contributed by atoms with Gasteiger partial charge in [0.2, 0.25) is 11.8 Å². The van der Waals surface area contributed by atoms with Crippen molar-refractivity contribution < 1.29 is 24.2 Å². The number of aryl methyl sites for hydroxylation is 1. The number of rotatable bonds is 7. The third-order valence-corrected chi connectivity index (χ3v) is 6.45. The van der Waals surface area contributed by atoms with E-state index in [1.807, 2.05) is 6.92 Å². The zero-order valence-corrected chi connectivity index (χ0v) is 20.3. The van der Waals surface area contributed by atoms with E-state index in [1.54, 1.807) is 35.4 Å². The van der Waals surface area contributed by atoms with Crippen LogP contribution in [0.4, 0.5) is 0 Å².